The minimum Gasteiger partial charge on any atom is -0.366 e. The van der Waals surface area contributed by atoms with Crippen molar-refractivity contribution >= 4 is 27.5 Å². The maximum atomic E-state index is 12.0. The first kappa shape index (κ1) is 17.0. The predicted molar refractivity (Wildman–Crippen MR) is 88.5 cm³/mol. The Hall–Kier alpha value is -2.33. The molecule has 0 aliphatic rings. The fourth-order valence-corrected chi connectivity index (χ4v) is 2.74. The van der Waals surface area contributed by atoms with Crippen LogP contribution in [0.1, 0.15) is 15.9 Å². The molecule has 2 aromatic carbocycles. The molecule has 118 valence electrons. The highest BCUT2D eigenvalue weighted by molar-refractivity contribution is 7.89. The Morgan fingerprint density at radius 3 is 2.26 bits per heavy atom. The molecule has 3 N–H and O–H groups in total. The average molecular weight is 349 g/mol. The van der Waals surface area contributed by atoms with Crippen molar-refractivity contribution in [3.8, 4) is 11.8 Å². The summed E-state index contributed by atoms with van der Waals surface area (Å²) in [5.41, 5.74) is 6.18. The molecule has 0 aromatic heterocycles. The minimum atomic E-state index is -3.62. The molecule has 0 saturated heterocycles. The zero-order valence-electron chi connectivity index (χ0n) is 11.9. The Balaban J connectivity index is 1.99. The summed E-state index contributed by atoms with van der Waals surface area (Å²) >= 11 is 5.72. The van der Waals surface area contributed by atoms with E-state index in [4.69, 9.17) is 17.3 Å². The summed E-state index contributed by atoms with van der Waals surface area (Å²) in [5, 5.41) is 0.461. The number of hydrogen-bond donors (Lipinski definition) is 2. The molecule has 0 saturated carbocycles. The number of amides is 1. The zero-order valence-corrected chi connectivity index (χ0v) is 13.5. The van der Waals surface area contributed by atoms with Crippen molar-refractivity contribution in [3.63, 3.8) is 0 Å². The molecule has 7 heteroatoms. The monoisotopic (exact) mass is 348 g/mol. The van der Waals surface area contributed by atoms with E-state index in [0.717, 1.165) is 0 Å². The van der Waals surface area contributed by atoms with Crippen molar-refractivity contribution in [1.82, 2.24) is 4.72 Å². The average Bonchev–Trinajstić information content (AvgIpc) is 2.52. The molecule has 0 bridgehead atoms. The fraction of sp³-hybridized carbons (Fsp3) is 0.0625. The van der Waals surface area contributed by atoms with E-state index in [1.807, 2.05) is 0 Å². The molecule has 0 heterocycles. The number of benzene rings is 2. The summed E-state index contributed by atoms with van der Waals surface area (Å²) in [5.74, 6) is 4.99. The quantitative estimate of drug-likeness (QED) is 0.825. The predicted octanol–water partition coefficient (Wildman–Crippen LogP) is 1.77. The van der Waals surface area contributed by atoms with E-state index in [2.05, 4.69) is 16.6 Å². The van der Waals surface area contributed by atoms with Crippen molar-refractivity contribution in [2.45, 2.75) is 4.90 Å². The summed E-state index contributed by atoms with van der Waals surface area (Å²) < 4.78 is 26.4. The van der Waals surface area contributed by atoms with E-state index in [-0.39, 0.29) is 11.4 Å². The van der Waals surface area contributed by atoms with Crippen LogP contribution in [0.5, 0.6) is 0 Å². The van der Waals surface area contributed by atoms with Gasteiger partial charge in [0, 0.05) is 16.1 Å². The SMILES string of the molecule is NC(=O)c1ccc(C#CCNS(=O)(=O)c2ccc(Cl)cc2)cc1. The van der Waals surface area contributed by atoms with E-state index in [1.165, 1.54) is 24.3 Å². The molecule has 1 amide bonds. The Labute approximate surface area is 139 Å². The molecule has 23 heavy (non-hydrogen) atoms. The molecule has 0 unspecified atom stereocenters. The van der Waals surface area contributed by atoms with Crippen molar-refractivity contribution in [3.05, 3.63) is 64.7 Å². The van der Waals surface area contributed by atoms with E-state index in [9.17, 15) is 13.2 Å². The summed E-state index contributed by atoms with van der Waals surface area (Å²) in [6.07, 6.45) is 0. The molecular weight excluding hydrogens is 336 g/mol. The number of primary amides is 1. The number of hydrogen-bond acceptors (Lipinski definition) is 3. The van der Waals surface area contributed by atoms with Crippen LogP contribution in [-0.2, 0) is 10.0 Å². The van der Waals surface area contributed by atoms with Crippen LogP contribution in [0.25, 0.3) is 0 Å². The zero-order chi connectivity index (χ0) is 16.9. The molecule has 5 nitrogen and oxygen atoms in total. The van der Waals surface area contributed by atoms with Gasteiger partial charge < -0.3 is 5.73 Å². The van der Waals surface area contributed by atoms with Crippen LogP contribution in [0.15, 0.2) is 53.4 Å². The van der Waals surface area contributed by atoms with Gasteiger partial charge in [-0.05, 0) is 48.5 Å². The van der Waals surface area contributed by atoms with Crippen LogP contribution < -0.4 is 10.5 Å². The number of halogens is 1. The summed E-state index contributed by atoms with van der Waals surface area (Å²) in [7, 11) is -3.62. The highest BCUT2D eigenvalue weighted by Gasteiger charge is 2.11. The third-order valence-electron chi connectivity index (χ3n) is 2.88. The Bertz CT molecular complexity index is 864. The van der Waals surface area contributed by atoms with Crippen molar-refractivity contribution in [2.24, 2.45) is 5.73 Å². The lowest BCUT2D eigenvalue weighted by atomic mass is 10.1. The Kier molecular flexibility index (Phi) is 5.40. The second-order valence-corrected chi connectivity index (χ2v) is 6.73. The first-order valence-corrected chi connectivity index (χ1v) is 8.38. The van der Waals surface area contributed by atoms with Gasteiger partial charge in [0.2, 0.25) is 15.9 Å². The van der Waals surface area contributed by atoms with Gasteiger partial charge in [-0.1, -0.05) is 23.4 Å². The molecular formula is C16H13ClN2O3S. The summed E-state index contributed by atoms with van der Waals surface area (Å²) in [6, 6.07) is 12.2. The number of nitrogens with two attached hydrogens (primary N) is 1. The van der Waals surface area contributed by atoms with Crippen LogP contribution in [0.2, 0.25) is 5.02 Å². The lowest BCUT2D eigenvalue weighted by Crippen LogP contribution is -2.23. The third kappa shape index (κ3) is 4.83. The lowest BCUT2D eigenvalue weighted by Gasteiger charge is -2.03. The third-order valence-corrected chi connectivity index (χ3v) is 4.55. The molecule has 0 atom stereocenters. The van der Waals surface area contributed by atoms with Gasteiger partial charge in [-0.2, -0.15) is 4.72 Å². The van der Waals surface area contributed by atoms with Gasteiger partial charge >= 0.3 is 0 Å². The van der Waals surface area contributed by atoms with Crippen molar-refractivity contribution in [2.75, 3.05) is 6.54 Å². The van der Waals surface area contributed by atoms with Gasteiger partial charge in [0.25, 0.3) is 0 Å². The van der Waals surface area contributed by atoms with Crippen molar-refractivity contribution < 1.29 is 13.2 Å². The fourth-order valence-electron chi connectivity index (χ4n) is 1.69. The van der Waals surface area contributed by atoms with E-state index in [0.29, 0.717) is 16.1 Å². The Morgan fingerprint density at radius 2 is 1.70 bits per heavy atom. The van der Waals surface area contributed by atoms with Crippen LogP contribution in [-0.4, -0.2) is 20.9 Å². The summed E-state index contributed by atoms with van der Waals surface area (Å²) in [6.45, 7) is -0.0392. The first-order valence-electron chi connectivity index (χ1n) is 6.52. The standard InChI is InChI=1S/C16H13ClN2O3S/c17-14-7-9-15(10-8-14)23(21,22)19-11-1-2-12-3-5-13(6-4-12)16(18)20/h3-10,19H,11H2,(H2,18,20). The maximum absolute atomic E-state index is 12.0. The summed E-state index contributed by atoms with van der Waals surface area (Å²) in [4.78, 5) is 11.1. The van der Waals surface area contributed by atoms with E-state index in [1.54, 1.807) is 24.3 Å². The molecule has 2 aromatic rings. The molecule has 0 fully saturated rings. The molecule has 2 rings (SSSR count). The van der Waals surface area contributed by atoms with Gasteiger partial charge in [0.15, 0.2) is 0 Å². The first-order chi connectivity index (χ1) is 10.9. The topological polar surface area (TPSA) is 89.3 Å². The van der Waals surface area contributed by atoms with Crippen LogP contribution in [0.3, 0.4) is 0 Å². The molecule has 0 spiro atoms. The van der Waals surface area contributed by atoms with Gasteiger partial charge in [-0.15, -0.1) is 0 Å². The number of carbonyl (C=O) groups is 1. The van der Waals surface area contributed by atoms with E-state index < -0.39 is 15.9 Å². The van der Waals surface area contributed by atoms with Crippen molar-refractivity contribution in [1.29, 1.82) is 0 Å². The minimum absolute atomic E-state index is 0.0392. The van der Waals surface area contributed by atoms with Gasteiger partial charge in [-0.3, -0.25) is 4.79 Å². The Morgan fingerprint density at radius 1 is 1.09 bits per heavy atom. The van der Waals surface area contributed by atoms with Gasteiger partial charge in [0.05, 0.1) is 11.4 Å². The largest absolute Gasteiger partial charge is 0.366 e. The second kappa shape index (κ2) is 7.29. The van der Waals surface area contributed by atoms with Crippen LogP contribution >= 0.6 is 11.6 Å². The highest BCUT2D eigenvalue weighted by atomic mass is 35.5. The normalized spacial score (nSPS) is 10.7. The van der Waals surface area contributed by atoms with Crippen LogP contribution in [0, 0.1) is 11.8 Å². The number of nitrogens with one attached hydrogen (secondary N) is 1. The molecule has 0 aliphatic carbocycles. The van der Waals surface area contributed by atoms with Crippen LogP contribution in [0.4, 0.5) is 0 Å². The van der Waals surface area contributed by atoms with Gasteiger partial charge in [-0.25, -0.2) is 8.42 Å². The number of carbonyl (C=O) groups excluding carboxylic acids is 1. The molecule has 0 radical (unpaired) electrons. The number of sulfonamides is 1. The maximum Gasteiger partial charge on any atom is 0.248 e. The number of rotatable bonds is 4. The molecule has 0 aliphatic heterocycles. The lowest BCUT2D eigenvalue weighted by molar-refractivity contribution is 0.100. The highest BCUT2D eigenvalue weighted by Crippen LogP contribution is 2.13. The van der Waals surface area contributed by atoms with Gasteiger partial charge in [0.1, 0.15) is 0 Å². The smallest absolute Gasteiger partial charge is 0.248 e. The van der Waals surface area contributed by atoms with E-state index >= 15 is 0 Å². The second-order valence-electron chi connectivity index (χ2n) is 4.52.